The molecule has 2 aliphatic rings. The van der Waals surface area contributed by atoms with Crippen molar-refractivity contribution in [2.45, 2.75) is 26.3 Å². The van der Waals surface area contributed by atoms with E-state index >= 15 is 0 Å². The number of ether oxygens (including phenoxy) is 2. The van der Waals surface area contributed by atoms with Crippen molar-refractivity contribution in [3.05, 3.63) is 100 Å². The average Bonchev–Trinajstić information content (AvgIpc) is 2.96. The van der Waals surface area contributed by atoms with E-state index in [2.05, 4.69) is 0 Å². The molecule has 0 spiro atoms. The fourth-order valence-corrected chi connectivity index (χ4v) is 4.99. The third kappa shape index (κ3) is 5.99. The number of fused-ring (bicyclic) bond motifs is 1. The fraction of sp³-hybridized carbons (Fsp3) is 0.258. The summed E-state index contributed by atoms with van der Waals surface area (Å²) < 4.78 is 11.1. The fourth-order valence-electron chi connectivity index (χ4n) is 4.86. The van der Waals surface area contributed by atoms with Crippen LogP contribution in [0.4, 0.5) is 5.69 Å². The zero-order valence-corrected chi connectivity index (χ0v) is 22.4. The highest BCUT2D eigenvalue weighted by atomic mass is 35.5. The van der Waals surface area contributed by atoms with Gasteiger partial charge in [-0.1, -0.05) is 48.0 Å². The maximum absolute atomic E-state index is 13.5. The summed E-state index contributed by atoms with van der Waals surface area (Å²) in [6.07, 6.45) is 3.16. The lowest BCUT2D eigenvalue weighted by Crippen LogP contribution is -2.42. The maximum atomic E-state index is 13.5. The summed E-state index contributed by atoms with van der Waals surface area (Å²) in [5, 5.41) is 0.633. The van der Waals surface area contributed by atoms with E-state index in [0.717, 1.165) is 24.0 Å². The van der Waals surface area contributed by atoms with Crippen LogP contribution in [0.15, 0.2) is 78.6 Å². The van der Waals surface area contributed by atoms with E-state index in [4.69, 9.17) is 21.1 Å². The zero-order chi connectivity index (χ0) is 27.4. The number of benzene rings is 3. The average molecular weight is 545 g/mol. The number of hydrogen-bond acceptors (Lipinski definition) is 5. The van der Waals surface area contributed by atoms with Gasteiger partial charge in [-0.05, 0) is 73.4 Å². The van der Waals surface area contributed by atoms with E-state index < -0.39 is 0 Å². The molecule has 1 saturated heterocycles. The molecule has 3 aromatic carbocycles. The molecule has 1 atom stereocenters. The van der Waals surface area contributed by atoms with Crippen LogP contribution in [0.25, 0.3) is 6.08 Å². The molecule has 1 unspecified atom stereocenters. The SMILES string of the molecule is CCOC(=O)C1CCCN(C(=O)c2ccc(/C=C3/Oc4ccccc4N(Cc4ccc(Cl)cc4)C3=O)cc2)C1. The number of piperidine rings is 1. The van der Waals surface area contributed by atoms with Crippen LogP contribution in [-0.2, 0) is 20.9 Å². The molecular formula is C31H29ClN2O5. The number of amides is 2. The molecule has 0 aliphatic carbocycles. The van der Waals surface area contributed by atoms with Gasteiger partial charge >= 0.3 is 5.97 Å². The first-order valence-electron chi connectivity index (χ1n) is 13.0. The maximum Gasteiger partial charge on any atom is 0.310 e. The van der Waals surface area contributed by atoms with Gasteiger partial charge in [0.25, 0.3) is 11.8 Å². The number of hydrogen-bond donors (Lipinski definition) is 0. The van der Waals surface area contributed by atoms with Gasteiger partial charge in [0.05, 0.1) is 24.8 Å². The molecule has 39 heavy (non-hydrogen) atoms. The van der Waals surface area contributed by atoms with E-state index in [1.165, 1.54) is 0 Å². The minimum Gasteiger partial charge on any atom is -0.466 e. The Morgan fingerprint density at radius 1 is 1.05 bits per heavy atom. The Labute approximate surface area is 232 Å². The molecule has 0 saturated carbocycles. The summed E-state index contributed by atoms with van der Waals surface area (Å²) in [5.74, 6) is -0.153. The highest BCUT2D eigenvalue weighted by molar-refractivity contribution is 6.30. The van der Waals surface area contributed by atoms with Crippen LogP contribution < -0.4 is 9.64 Å². The largest absolute Gasteiger partial charge is 0.466 e. The third-order valence-corrected chi connectivity index (χ3v) is 7.12. The second-order valence-electron chi connectivity index (χ2n) is 9.56. The molecule has 5 rings (SSSR count). The summed E-state index contributed by atoms with van der Waals surface area (Å²) in [6.45, 7) is 3.43. The van der Waals surface area contributed by atoms with Gasteiger partial charge in [-0.3, -0.25) is 19.3 Å². The molecule has 0 N–H and O–H groups in total. The Bertz CT molecular complexity index is 1400. The predicted octanol–water partition coefficient (Wildman–Crippen LogP) is 5.72. The number of carbonyl (C=O) groups excluding carboxylic acids is 3. The number of esters is 1. The summed E-state index contributed by atoms with van der Waals surface area (Å²) in [6, 6.07) is 21.8. The summed E-state index contributed by atoms with van der Waals surface area (Å²) in [7, 11) is 0. The van der Waals surface area contributed by atoms with Gasteiger partial charge in [-0.15, -0.1) is 0 Å². The highest BCUT2D eigenvalue weighted by Gasteiger charge is 2.31. The Hall–Kier alpha value is -4.10. The molecule has 0 bridgehead atoms. The molecule has 1 fully saturated rings. The van der Waals surface area contributed by atoms with Gasteiger partial charge in [-0.2, -0.15) is 0 Å². The number of rotatable bonds is 6. The molecule has 0 radical (unpaired) electrons. The molecule has 7 nitrogen and oxygen atoms in total. The van der Waals surface area contributed by atoms with Gasteiger partial charge in [0.15, 0.2) is 11.5 Å². The van der Waals surface area contributed by atoms with Crippen molar-refractivity contribution in [1.82, 2.24) is 4.90 Å². The summed E-state index contributed by atoms with van der Waals surface area (Å²) in [4.78, 5) is 42.2. The normalized spacial score (nSPS) is 17.9. The van der Waals surface area contributed by atoms with E-state index in [1.807, 2.05) is 36.4 Å². The van der Waals surface area contributed by atoms with E-state index in [1.54, 1.807) is 59.2 Å². The Kier molecular flexibility index (Phi) is 7.98. The Balaban J connectivity index is 1.33. The molecule has 2 aliphatic heterocycles. The number of anilines is 1. The minimum absolute atomic E-state index is 0.128. The van der Waals surface area contributed by atoms with Crippen LogP contribution in [-0.4, -0.2) is 42.4 Å². The van der Waals surface area contributed by atoms with Gasteiger partial charge < -0.3 is 14.4 Å². The van der Waals surface area contributed by atoms with Crippen molar-refractivity contribution in [2.24, 2.45) is 5.92 Å². The lowest BCUT2D eigenvalue weighted by Gasteiger charge is -2.31. The Morgan fingerprint density at radius 3 is 2.54 bits per heavy atom. The monoisotopic (exact) mass is 544 g/mol. The summed E-state index contributed by atoms with van der Waals surface area (Å²) >= 11 is 6.03. The smallest absolute Gasteiger partial charge is 0.310 e. The number of halogens is 1. The van der Waals surface area contributed by atoms with Gasteiger partial charge in [0.1, 0.15) is 0 Å². The predicted molar refractivity (Wildman–Crippen MR) is 149 cm³/mol. The first-order valence-corrected chi connectivity index (χ1v) is 13.4. The Morgan fingerprint density at radius 2 is 1.79 bits per heavy atom. The van der Waals surface area contributed by atoms with E-state index in [9.17, 15) is 14.4 Å². The van der Waals surface area contributed by atoms with Gasteiger partial charge in [0.2, 0.25) is 0 Å². The van der Waals surface area contributed by atoms with Crippen molar-refractivity contribution in [3.63, 3.8) is 0 Å². The second-order valence-corrected chi connectivity index (χ2v) is 10.00. The standard InChI is InChI=1S/C31H29ClN2O5/c1-2-38-31(37)24-6-5-17-33(20-24)29(35)23-13-9-21(10-14-23)18-28-30(36)34(19-22-11-15-25(32)16-12-22)26-7-3-4-8-27(26)39-28/h3-4,7-16,18,24H,2,5-6,17,19-20H2,1H3/b28-18+. The highest BCUT2D eigenvalue weighted by Crippen LogP contribution is 2.36. The molecule has 8 heteroatoms. The number of para-hydroxylation sites is 2. The van der Waals surface area contributed by atoms with Crippen molar-refractivity contribution in [1.29, 1.82) is 0 Å². The molecule has 0 aromatic heterocycles. The quantitative estimate of drug-likeness (QED) is 0.293. The van der Waals surface area contributed by atoms with Crippen LogP contribution in [0.2, 0.25) is 5.02 Å². The van der Waals surface area contributed by atoms with E-state index in [0.29, 0.717) is 48.3 Å². The zero-order valence-electron chi connectivity index (χ0n) is 21.6. The van der Waals surface area contributed by atoms with Crippen molar-refractivity contribution < 1.29 is 23.9 Å². The minimum atomic E-state index is -0.292. The van der Waals surface area contributed by atoms with Gasteiger partial charge in [0, 0.05) is 23.7 Å². The molecular weight excluding hydrogens is 516 g/mol. The molecule has 2 amide bonds. The molecule has 200 valence electrons. The molecule has 2 heterocycles. The van der Waals surface area contributed by atoms with E-state index in [-0.39, 0.29) is 29.5 Å². The number of carbonyl (C=O) groups is 3. The van der Waals surface area contributed by atoms with Crippen molar-refractivity contribution >= 4 is 41.1 Å². The van der Waals surface area contributed by atoms with Crippen LogP contribution in [0, 0.1) is 5.92 Å². The van der Waals surface area contributed by atoms with Crippen LogP contribution >= 0.6 is 11.6 Å². The first kappa shape index (κ1) is 26.5. The van der Waals surface area contributed by atoms with Crippen molar-refractivity contribution in [3.8, 4) is 5.75 Å². The lowest BCUT2D eigenvalue weighted by atomic mass is 9.97. The van der Waals surface area contributed by atoms with Crippen molar-refractivity contribution in [2.75, 3.05) is 24.6 Å². The lowest BCUT2D eigenvalue weighted by molar-refractivity contribution is -0.149. The van der Waals surface area contributed by atoms with Gasteiger partial charge in [-0.25, -0.2) is 0 Å². The third-order valence-electron chi connectivity index (χ3n) is 6.87. The first-order chi connectivity index (χ1) is 18.9. The number of likely N-dealkylation sites (tertiary alicyclic amines) is 1. The van der Waals surface area contributed by atoms with Crippen LogP contribution in [0.1, 0.15) is 41.3 Å². The molecule has 3 aromatic rings. The van der Waals surface area contributed by atoms with Crippen LogP contribution in [0.3, 0.4) is 0 Å². The number of nitrogens with zero attached hydrogens (tertiary/aromatic N) is 2. The van der Waals surface area contributed by atoms with Crippen LogP contribution in [0.5, 0.6) is 5.75 Å². The second kappa shape index (κ2) is 11.7. The summed E-state index contributed by atoms with van der Waals surface area (Å²) in [5.41, 5.74) is 2.88. The topological polar surface area (TPSA) is 76.2 Å².